The van der Waals surface area contributed by atoms with E-state index in [1.807, 2.05) is 0 Å². The highest BCUT2D eigenvalue weighted by molar-refractivity contribution is 7.23. The van der Waals surface area contributed by atoms with Gasteiger partial charge < -0.3 is 10.2 Å². The summed E-state index contributed by atoms with van der Waals surface area (Å²) in [4.78, 5) is 12.3. The quantitative estimate of drug-likeness (QED) is 0.554. The lowest BCUT2D eigenvalue weighted by molar-refractivity contribution is 0.0342. The van der Waals surface area contributed by atoms with E-state index < -0.39 is 0 Å². The summed E-state index contributed by atoms with van der Waals surface area (Å²) in [5.41, 5.74) is 7.33. The molecule has 130 valence electrons. The number of morpholine rings is 1. The van der Waals surface area contributed by atoms with Gasteiger partial charge in [-0.1, -0.05) is 18.2 Å². The van der Waals surface area contributed by atoms with Gasteiger partial charge in [-0.3, -0.25) is 4.90 Å². The summed E-state index contributed by atoms with van der Waals surface area (Å²) in [6.07, 6.45) is 1.55. The van der Waals surface area contributed by atoms with Crippen LogP contribution in [0.2, 0.25) is 0 Å². The van der Waals surface area contributed by atoms with Crippen LogP contribution in [-0.2, 0) is 11.3 Å². The van der Waals surface area contributed by atoms with Crippen molar-refractivity contribution >= 4 is 27.4 Å². The molecule has 0 atom stereocenters. The molecule has 0 unspecified atom stereocenters. The van der Waals surface area contributed by atoms with Crippen molar-refractivity contribution in [2.24, 2.45) is 5.84 Å². The van der Waals surface area contributed by atoms with Gasteiger partial charge in [0.1, 0.15) is 6.33 Å². The second kappa shape index (κ2) is 7.05. The Kier molecular flexibility index (Phi) is 4.63. The highest BCUT2D eigenvalue weighted by Crippen LogP contribution is 2.39. The molecule has 0 amide bonds. The Hall–Kier alpha value is -2.06. The number of nitrogen functional groups attached to an aromatic ring is 1. The number of ether oxygens (including phenoxy) is 1. The van der Waals surface area contributed by atoms with E-state index in [-0.39, 0.29) is 0 Å². The zero-order valence-corrected chi connectivity index (χ0v) is 15.0. The molecule has 1 aliphatic rings. The maximum Gasteiger partial charge on any atom is 0.161 e. The molecule has 0 radical (unpaired) electrons. The molecule has 3 aromatic rings. The monoisotopic (exact) mass is 355 g/mol. The number of nitrogens with two attached hydrogens (primary N) is 1. The first-order valence-corrected chi connectivity index (χ1v) is 9.18. The normalized spacial score (nSPS) is 15.6. The Morgan fingerprint density at radius 1 is 1.28 bits per heavy atom. The molecule has 7 heteroatoms. The largest absolute Gasteiger partial charge is 0.379 e. The zero-order valence-electron chi connectivity index (χ0n) is 14.2. The molecule has 4 rings (SSSR count). The third-order valence-electron chi connectivity index (χ3n) is 4.54. The molecule has 6 nitrogen and oxygen atoms in total. The number of hydrazine groups is 1. The molecule has 1 aliphatic heterocycles. The van der Waals surface area contributed by atoms with Gasteiger partial charge >= 0.3 is 0 Å². The SMILES string of the molecule is Cc1c(-c2cccc(CN3CCOCC3)c2)sc2c(NN)ncnc12. The Labute approximate surface area is 150 Å². The number of rotatable bonds is 4. The number of nitrogens with zero attached hydrogens (tertiary/aromatic N) is 3. The van der Waals surface area contributed by atoms with Crippen LogP contribution >= 0.6 is 11.3 Å². The Morgan fingerprint density at radius 2 is 2.12 bits per heavy atom. The maximum absolute atomic E-state index is 5.59. The first-order valence-electron chi connectivity index (χ1n) is 8.36. The van der Waals surface area contributed by atoms with Gasteiger partial charge in [0.25, 0.3) is 0 Å². The van der Waals surface area contributed by atoms with E-state index in [0.717, 1.165) is 43.1 Å². The second-order valence-electron chi connectivity index (χ2n) is 6.19. The first-order chi connectivity index (χ1) is 12.3. The van der Waals surface area contributed by atoms with Crippen LogP contribution in [-0.4, -0.2) is 41.2 Å². The number of hydrogen-bond donors (Lipinski definition) is 2. The number of thiophene rings is 1. The van der Waals surface area contributed by atoms with Crippen molar-refractivity contribution in [3.05, 3.63) is 41.7 Å². The Balaban J connectivity index is 1.69. The van der Waals surface area contributed by atoms with Crippen molar-refractivity contribution in [1.29, 1.82) is 0 Å². The second-order valence-corrected chi connectivity index (χ2v) is 7.21. The van der Waals surface area contributed by atoms with Crippen LogP contribution in [0.15, 0.2) is 30.6 Å². The predicted octanol–water partition coefficient (Wildman–Crippen LogP) is 2.78. The van der Waals surface area contributed by atoms with Gasteiger partial charge in [0.05, 0.1) is 23.4 Å². The molecule has 25 heavy (non-hydrogen) atoms. The van der Waals surface area contributed by atoms with Gasteiger partial charge in [0.15, 0.2) is 5.82 Å². The molecule has 0 bridgehead atoms. The number of anilines is 1. The van der Waals surface area contributed by atoms with Gasteiger partial charge in [0.2, 0.25) is 0 Å². The van der Waals surface area contributed by atoms with Crippen LogP contribution < -0.4 is 11.3 Å². The van der Waals surface area contributed by atoms with Crippen LogP contribution in [0.25, 0.3) is 20.7 Å². The molecule has 1 aromatic carbocycles. The van der Waals surface area contributed by atoms with E-state index in [2.05, 4.69) is 51.5 Å². The summed E-state index contributed by atoms with van der Waals surface area (Å²) >= 11 is 1.68. The molecule has 0 spiro atoms. The minimum Gasteiger partial charge on any atom is -0.379 e. The predicted molar refractivity (Wildman–Crippen MR) is 101 cm³/mol. The third kappa shape index (κ3) is 3.23. The highest BCUT2D eigenvalue weighted by Gasteiger charge is 2.16. The average Bonchev–Trinajstić information content (AvgIpc) is 3.00. The number of nitrogens with one attached hydrogen (secondary N) is 1. The summed E-state index contributed by atoms with van der Waals surface area (Å²) in [5, 5.41) is 0. The molecular formula is C18H21N5OS. The molecular weight excluding hydrogens is 334 g/mol. The number of hydrogen-bond acceptors (Lipinski definition) is 7. The van der Waals surface area contributed by atoms with Gasteiger partial charge in [-0.25, -0.2) is 15.8 Å². The molecule has 1 saturated heterocycles. The fraction of sp³-hybridized carbons (Fsp3) is 0.333. The third-order valence-corrected chi connectivity index (χ3v) is 5.88. The summed E-state index contributed by atoms with van der Waals surface area (Å²) in [6, 6.07) is 8.75. The van der Waals surface area contributed by atoms with Crippen molar-refractivity contribution in [3.8, 4) is 10.4 Å². The van der Waals surface area contributed by atoms with Crippen molar-refractivity contribution in [2.75, 3.05) is 31.7 Å². The van der Waals surface area contributed by atoms with E-state index in [4.69, 9.17) is 10.6 Å². The summed E-state index contributed by atoms with van der Waals surface area (Å²) in [5.74, 6) is 6.27. The summed E-state index contributed by atoms with van der Waals surface area (Å²) in [6.45, 7) is 6.69. The molecule has 3 heterocycles. The number of aromatic nitrogens is 2. The van der Waals surface area contributed by atoms with Gasteiger partial charge in [-0.05, 0) is 29.7 Å². The van der Waals surface area contributed by atoms with E-state index in [0.29, 0.717) is 5.82 Å². The summed E-state index contributed by atoms with van der Waals surface area (Å²) < 4.78 is 6.43. The van der Waals surface area contributed by atoms with Crippen molar-refractivity contribution in [2.45, 2.75) is 13.5 Å². The van der Waals surface area contributed by atoms with Crippen LogP contribution in [0.1, 0.15) is 11.1 Å². The van der Waals surface area contributed by atoms with Crippen molar-refractivity contribution in [1.82, 2.24) is 14.9 Å². The Bertz CT molecular complexity index is 888. The molecule has 2 aromatic heterocycles. The lowest BCUT2D eigenvalue weighted by atomic mass is 10.1. The van der Waals surface area contributed by atoms with Gasteiger partial charge in [-0.15, -0.1) is 11.3 Å². The molecule has 0 aliphatic carbocycles. The Morgan fingerprint density at radius 3 is 2.92 bits per heavy atom. The summed E-state index contributed by atoms with van der Waals surface area (Å²) in [7, 11) is 0. The standard InChI is InChI=1S/C18H21N5OS/c1-12-15-17(18(22-19)21-11-20-15)25-16(12)14-4-2-3-13(9-14)10-23-5-7-24-8-6-23/h2-4,9,11H,5-8,10,19H2,1H3,(H,20,21,22). The van der Waals surface area contributed by atoms with Gasteiger partial charge in [-0.2, -0.15) is 0 Å². The highest BCUT2D eigenvalue weighted by atomic mass is 32.1. The number of fused-ring (bicyclic) bond motifs is 1. The van der Waals surface area contributed by atoms with Crippen molar-refractivity contribution < 1.29 is 4.74 Å². The minimum atomic E-state index is 0.675. The van der Waals surface area contributed by atoms with E-state index in [1.54, 1.807) is 17.7 Å². The van der Waals surface area contributed by atoms with Gasteiger partial charge in [0, 0.05) is 24.5 Å². The fourth-order valence-corrected chi connectivity index (χ4v) is 4.44. The van der Waals surface area contributed by atoms with Crippen LogP contribution in [0.4, 0.5) is 5.82 Å². The van der Waals surface area contributed by atoms with E-state index in [9.17, 15) is 0 Å². The van der Waals surface area contributed by atoms with Crippen LogP contribution in [0, 0.1) is 6.92 Å². The zero-order chi connectivity index (χ0) is 17.2. The lowest BCUT2D eigenvalue weighted by Crippen LogP contribution is -2.35. The van der Waals surface area contributed by atoms with Crippen molar-refractivity contribution in [3.63, 3.8) is 0 Å². The number of benzene rings is 1. The molecule has 1 fully saturated rings. The fourth-order valence-electron chi connectivity index (χ4n) is 3.23. The first kappa shape index (κ1) is 16.4. The molecule has 3 N–H and O–H groups in total. The average molecular weight is 355 g/mol. The topological polar surface area (TPSA) is 76.3 Å². The lowest BCUT2D eigenvalue weighted by Gasteiger charge is -2.26. The van der Waals surface area contributed by atoms with E-state index in [1.165, 1.54) is 21.6 Å². The van der Waals surface area contributed by atoms with E-state index >= 15 is 0 Å². The number of aryl methyl sites for hydroxylation is 1. The van der Waals surface area contributed by atoms with Crippen LogP contribution in [0.3, 0.4) is 0 Å². The minimum absolute atomic E-state index is 0.675. The molecule has 0 saturated carbocycles. The smallest absolute Gasteiger partial charge is 0.161 e. The maximum atomic E-state index is 5.59. The van der Waals surface area contributed by atoms with Crippen LogP contribution in [0.5, 0.6) is 0 Å².